The Labute approximate surface area is 65.1 Å². The van der Waals surface area contributed by atoms with E-state index in [0.29, 0.717) is 19.7 Å². The van der Waals surface area contributed by atoms with Gasteiger partial charge in [-0.2, -0.15) is 5.26 Å². The highest BCUT2D eigenvalue weighted by atomic mass is 16.5. The Morgan fingerprint density at radius 3 is 2.73 bits per heavy atom. The standard InChI is InChI=1S/C7H10N2O2/c1-2-11-6(10)7(3-8)4-9-5-7/h9H,2,4-5H2,1H3. The molecule has 1 N–H and O–H groups in total. The number of carbonyl (C=O) groups is 1. The summed E-state index contributed by atoms with van der Waals surface area (Å²) in [5, 5.41) is 11.5. The van der Waals surface area contributed by atoms with Crippen molar-refractivity contribution in [2.24, 2.45) is 5.41 Å². The molecule has 1 fully saturated rings. The van der Waals surface area contributed by atoms with E-state index in [2.05, 4.69) is 5.32 Å². The molecule has 11 heavy (non-hydrogen) atoms. The number of carbonyl (C=O) groups excluding carboxylic acids is 1. The summed E-state index contributed by atoms with van der Waals surface area (Å²) in [6.45, 7) is 2.90. The van der Waals surface area contributed by atoms with Crippen molar-refractivity contribution in [3.05, 3.63) is 0 Å². The Morgan fingerprint density at radius 1 is 1.82 bits per heavy atom. The molecule has 0 aromatic carbocycles. The SMILES string of the molecule is CCOC(=O)C1(C#N)CNC1. The van der Waals surface area contributed by atoms with Crippen molar-refractivity contribution >= 4 is 5.97 Å². The van der Waals surface area contributed by atoms with Crippen LogP contribution < -0.4 is 5.32 Å². The molecule has 60 valence electrons. The summed E-state index contributed by atoms with van der Waals surface area (Å²) in [4.78, 5) is 11.1. The molecule has 1 aliphatic heterocycles. The monoisotopic (exact) mass is 154 g/mol. The van der Waals surface area contributed by atoms with Crippen LogP contribution in [-0.4, -0.2) is 25.7 Å². The maximum atomic E-state index is 11.1. The minimum absolute atomic E-state index is 0.336. The second-order valence-electron chi connectivity index (χ2n) is 2.52. The van der Waals surface area contributed by atoms with Crippen molar-refractivity contribution in [1.82, 2.24) is 5.32 Å². The predicted octanol–water partition coefficient (Wildman–Crippen LogP) is -0.337. The fourth-order valence-electron chi connectivity index (χ4n) is 0.913. The molecular weight excluding hydrogens is 144 g/mol. The lowest BCUT2D eigenvalue weighted by atomic mass is 9.84. The van der Waals surface area contributed by atoms with Crippen molar-refractivity contribution in [3.63, 3.8) is 0 Å². The second kappa shape index (κ2) is 2.89. The summed E-state index contributed by atoms with van der Waals surface area (Å²) >= 11 is 0. The van der Waals surface area contributed by atoms with E-state index in [1.54, 1.807) is 6.92 Å². The molecule has 1 rings (SSSR count). The van der Waals surface area contributed by atoms with E-state index in [0.717, 1.165) is 0 Å². The molecule has 0 bridgehead atoms. The van der Waals surface area contributed by atoms with E-state index in [1.165, 1.54) is 0 Å². The Morgan fingerprint density at radius 2 is 2.45 bits per heavy atom. The van der Waals surface area contributed by atoms with Crippen LogP contribution >= 0.6 is 0 Å². The quantitative estimate of drug-likeness (QED) is 0.553. The van der Waals surface area contributed by atoms with Gasteiger partial charge in [0.2, 0.25) is 0 Å². The highest BCUT2D eigenvalue weighted by molar-refractivity contribution is 5.81. The van der Waals surface area contributed by atoms with Crippen LogP contribution in [-0.2, 0) is 9.53 Å². The molecule has 0 unspecified atom stereocenters. The number of esters is 1. The molecule has 0 aromatic heterocycles. The third kappa shape index (κ3) is 1.19. The third-order valence-corrected chi connectivity index (χ3v) is 1.73. The average Bonchev–Trinajstić information content (AvgIpc) is 1.87. The van der Waals surface area contributed by atoms with Crippen LogP contribution in [0.5, 0.6) is 0 Å². The van der Waals surface area contributed by atoms with Gasteiger partial charge in [-0.3, -0.25) is 4.79 Å². The first-order valence-electron chi connectivity index (χ1n) is 3.54. The summed E-state index contributed by atoms with van der Waals surface area (Å²) in [6.07, 6.45) is 0. The summed E-state index contributed by atoms with van der Waals surface area (Å²) < 4.78 is 4.74. The molecule has 4 heteroatoms. The highest BCUT2D eigenvalue weighted by Crippen LogP contribution is 2.22. The first-order chi connectivity index (χ1) is 5.25. The molecule has 0 saturated carbocycles. The van der Waals surface area contributed by atoms with Crippen molar-refractivity contribution in [1.29, 1.82) is 5.26 Å². The first-order valence-corrected chi connectivity index (χ1v) is 3.54. The molecule has 0 spiro atoms. The summed E-state index contributed by atoms with van der Waals surface area (Å²) in [7, 11) is 0. The Hall–Kier alpha value is -1.08. The fourth-order valence-corrected chi connectivity index (χ4v) is 0.913. The molecule has 1 saturated heterocycles. The van der Waals surface area contributed by atoms with E-state index in [1.807, 2.05) is 6.07 Å². The zero-order valence-corrected chi connectivity index (χ0v) is 6.39. The fraction of sp³-hybridized carbons (Fsp3) is 0.714. The summed E-state index contributed by atoms with van der Waals surface area (Å²) in [5.41, 5.74) is -0.893. The first kappa shape index (κ1) is 8.02. The van der Waals surface area contributed by atoms with Gasteiger partial charge in [-0.1, -0.05) is 0 Å². The van der Waals surface area contributed by atoms with Gasteiger partial charge in [-0.15, -0.1) is 0 Å². The maximum absolute atomic E-state index is 11.1. The van der Waals surface area contributed by atoms with Gasteiger partial charge in [0.25, 0.3) is 0 Å². The van der Waals surface area contributed by atoms with Gasteiger partial charge in [0, 0.05) is 13.1 Å². The number of hydrogen-bond acceptors (Lipinski definition) is 4. The molecule has 4 nitrogen and oxygen atoms in total. The zero-order valence-electron chi connectivity index (χ0n) is 6.39. The van der Waals surface area contributed by atoms with Crippen LogP contribution in [0.4, 0.5) is 0 Å². The van der Waals surface area contributed by atoms with Crippen molar-refractivity contribution in [2.45, 2.75) is 6.92 Å². The van der Waals surface area contributed by atoms with Gasteiger partial charge in [0.1, 0.15) is 0 Å². The summed E-state index contributed by atoms with van der Waals surface area (Å²) in [5.74, 6) is -0.402. The molecule has 0 aliphatic carbocycles. The normalized spacial score (nSPS) is 19.6. The van der Waals surface area contributed by atoms with Crippen molar-refractivity contribution < 1.29 is 9.53 Å². The van der Waals surface area contributed by atoms with Gasteiger partial charge >= 0.3 is 5.97 Å². The highest BCUT2D eigenvalue weighted by Gasteiger charge is 2.46. The van der Waals surface area contributed by atoms with E-state index >= 15 is 0 Å². The van der Waals surface area contributed by atoms with Crippen LogP contribution in [0.1, 0.15) is 6.92 Å². The van der Waals surface area contributed by atoms with Crippen LogP contribution in [0, 0.1) is 16.7 Å². The molecule has 0 aromatic rings. The van der Waals surface area contributed by atoms with Gasteiger partial charge in [-0.05, 0) is 6.92 Å². The number of nitrogens with one attached hydrogen (secondary N) is 1. The molecular formula is C7H10N2O2. The van der Waals surface area contributed by atoms with Crippen LogP contribution in [0.15, 0.2) is 0 Å². The molecule has 1 heterocycles. The van der Waals surface area contributed by atoms with Gasteiger partial charge < -0.3 is 10.1 Å². The van der Waals surface area contributed by atoms with Gasteiger partial charge in [-0.25, -0.2) is 0 Å². The second-order valence-corrected chi connectivity index (χ2v) is 2.52. The predicted molar refractivity (Wildman–Crippen MR) is 37.5 cm³/mol. The van der Waals surface area contributed by atoms with Crippen molar-refractivity contribution in [3.8, 4) is 6.07 Å². The molecule has 0 radical (unpaired) electrons. The lowest BCUT2D eigenvalue weighted by Gasteiger charge is -2.33. The number of ether oxygens (including phenoxy) is 1. The summed E-state index contributed by atoms with van der Waals surface area (Å²) in [6, 6.07) is 1.96. The molecule has 0 atom stereocenters. The van der Waals surface area contributed by atoms with Crippen molar-refractivity contribution in [2.75, 3.05) is 19.7 Å². The Balaban J connectivity index is 2.57. The largest absolute Gasteiger partial charge is 0.465 e. The van der Waals surface area contributed by atoms with E-state index in [4.69, 9.17) is 10.00 Å². The lowest BCUT2D eigenvalue weighted by Crippen LogP contribution is -2.57. The minimum atomic E-state index is -0.893. The maximum Gasteiger partial charge on any atom is 0.329 e. The molecule has 0 amide bonds. The van der Waals surface area contributed by atoms with E-state index in [9.17, 15) is 4.79 Å². The third-order valence-electron chi connectivity index (χ3n) is 1.73. The van der Waals surface area contributed by atoms with Gasteiger partial charge in [0.05, 0.1) is 12.7 Å². The van der Waals surface area contributed by atoms with E-state index < -0.39 is 11.4 Å². The number of rotatable bonds is 2. The smallest absolute Gasteiger partial charge is 0.329 e. The lowest BCUT2D eigenvalue weighted by molar-refractivity contribution is -0.154. The minimum Gasteiger partial charge on any atom is -0.465 e. The number of nitrogens with zero attached hydrogens (tertiary/aromatic N) is 1. The topological polar surface area (TPSA) is 62.1 Å². The average molecular weight is 154 g/mol. The zero-order chi connectivity index (χ0) is 8.32. The Kier molecular flexibility index (Phi) is 2.11. The van der Waals surface area contributed by atoms with E-state index in [-0.39, 0.29) is 0 Å². The van der Waals surface area contributed by atoms with Crippen LogP contribution in [0.3, 0.4) is 0 Å². The Bertz CT molecular complexity index is 203. The number of nitriles is 1. The van der Waals surface area contributed by atoms with Crippen LogP contribution in [0.25, 0.3) is 0 Å². The number of hydrogen-bond donors (Lipinski definition) is 1. The van der Waals surface area contributed by atoms with Gasteiger partial charge in [0.15, 0.2) is 5.41 Å². The van der Waals surface area contributed by atoms with Crippen LogP contribution in [0.2, 0.25) is 0 Å². The molecule has 1 aliphatic rings.